The Kier molecular flexibility index (Phi) is 1.35. The van der Waals surface area contributed by atoms with E-state index >= 15 is 0 Å². The van der Waals surface area contributed by atoms with Crippen LogP contribution in [-0.4, -0.2) is 28.7 Å². The van der Waals surface area contributed by atoms with E-state index in [1.165, 1.54) is 0 Å². The highest BCUT2D eigenvalue weighted by Gasteiger charge is 2.56. The summed E-state index contributed by atoms with van der Waals surface area (Å²) in [6, 6.07) is 0. The number of β-lactam (4-membered cyclic amide) rings is 1. The summed E-state index contributed by atoms with van der Waals surface area (Å²) in [7, 11) is 0. The number of ether oxygens (including phenoxy) is 1. The molecule has 1 amide bonds. The van der Waals surface area contributed by atoms with Crippen LogP contribution in [0.15, 0.2) is 0 Å². The van der Waals surface area contributed by atoms with Crippen LogP contribution in [0.1, 0.15) is 33.6 Å². The molecule has 2 rings (SSSR count). The summed E-state index contributed by atoms with van der Waals surface area (Å²) in [5.41, 5.74) is -0.304. The van der Waals surface area contributed by atoms with Crippen LogP contribution in [-0.2, 0) is 9.53 Å². The lowest BCUT2D eigenvalue weighted by Crippen LogP contribution is -2.72. The van der Waals surface area contributed by atoms with Crippen LogP contribution in [0.3, 0.4) is 0 Å². The van der Waals surface area contributed by atoms with Crippen molar-refractivity contribution in [3.63, 3.8) is 0 Å². The Morgan fingerprint density at radius 3 is 2.50 bits per heavy atom. The summed E-state index contributed by atoms with van der Waals surface area (Å²) < 4.78 is 5.54. The third-order valence-corrected chi connectivity index (χ3v) is 2.96. The number of hydrogen-bond donors (Lipinski definition) is 0. The monoisotopic (exact) mass is 169 g/mol. The minimum Gasteiger partial charge on any atom is -0.356 e. The molecule has 2 fully saturated rings. The highest BCUT2D eigenvalue weighted by molar-refractivity contribution is 5.85. The summed E-state index contributed by atoms with van der Waals surface area (Å²) >= 11 is 0. The van der Waals surface area contributed by atoms with Gasteiger partial charge in [-0.3, -0.25) is 4.79 Å². The van der Waals surface area contributed by atoms with Gasteiger partial charge in [0.25, 0.3) is 0 Å². The number of hydrogen-bond acceptors (Lipinski definition) is 2. The molecule has 0 spiro atoms. The van der Waals surface area contributed by atoms with Gasteiger partial charge in [0.15, 0.2) is 0 Å². The molecule has 0 aliphatic carbocycles. The van der Waals surface area contributed by atoms with Crippen molar-refractivity contribution in [3.05, 3.63) is 0 Å². The SMILES string of the molecule is CC12CCOC(C)(C)N1C(=O)C2. The zero-order valence-corrected chi connectivity index (χ0v) is 7.89. The third-order valence-electron chi connectivity index (χ3n) is 2.96. The van der Waals surface area contributed by atoms with Gasteiger partial charge < -0.3 is 9.64 Å². The fourth-order valence-electron chi connectivity index (χ4n) is 2.43. The maximum Gasteiger partial charge on any atom is 0.227 e. The van der Waals surface area contributed by atoms with Gasteiger partial charge in [0.05, 0.1) is 18.6 Å². The summed E-state index contributed by atoms with van der Waals surface area (Å²) in [5, 5.41) is 0. The molecule has 0 aromatic rings. The molecule has 0 saturated carbocycles. The number of amides is 1. The molecule has 2 heterocycles. The predicted octanol–water partition coefficient (Wildman–Crippen LogP) is 1.13. The molecule has 0 bridgehead atoms. The molecule has 3 heteroatoms. The van der Waals surface area contributed by atoms with Gasteiger partial charge in [-0.25, -0.2) is 0 Å². The lowest BCUT2D eigenvalue weighted by molar-refractivity contribution is -0.242. The van der Waals surface area contributed by atoms with Gasteiger partial charge in [0.2, 0.25) is 5.91 Å². The van der Waals surface area contributed by atoms with Crippen molar-refractivity contribution in [2.24, 2.45) is 0 Å². The number of carbonyl (C=O) groups is 1. The van der Waals surface area contributed by atoms with Crippen LogP contribution in [0.5, 0.6) is 0 Å². The van der Waals surface area contributed by atoms with Gasteiger partial charge in [-0.2, -0.15) is 0 Å². The smallest absolute Gasteiger partial charge is 0.227 e. The molecule has 2 aliphatic heterocycles. The lowest BCUT2D eigenvalue weighted by atomic mass is 9.79. The topological polar surface area (TPSA) is 29.5 Å². The molecule has 0 radical (unpaired) electrons. The van der Waals surface area contributed by atoms with Crippen molar-refractivity contribution < 1.29 is 9.53 Å². The Hall–Kier alpha value is -0.570. The van der Waals surface area contributed by atoms with Gasteiger partial charge in [0.1, 0.15) is 5.72 Å². The Balaban J connectivity index is 2.28. The van der Waals surface area contributed by atoms with Crippen LogP contribution in [0.2, 0.25) is 0 Å². The van der Waals surface area contributed by atoms with Crippen LogP contribution in [0, 0.1) is 0 Å². The van der Waals surface area contributed by atoms with E-state index in [4.69, 9.17) is 4.74 Å². The van der Waals surface area contributed by atoms with E-state index in [9.17, 15) is 4.79 Å². The van der Waals surface area contributed by atoms with E-state index in [-0.39, 0.29) is 17.2 Å². The van der Waals surface area contributed by atoms with E-state index in [1.54, 1.807) is 0 Å². The molecule has 12 heavy (non-hydrogen) atoms. The second kappa shape index (κ2) is 2.02. The van der Waals surface area contributed by atoms with E-state index in [0.717, 1.165) is 13.0 Å². The normalized spacial score (nSPS) is 38.9. The molecule has 0 N–H and O–H groups in total. The van der Waals surface area contributed by atoms with Crippen molar-refractivity contribution >= 4 is 5.91 Å². The highest BCUT2D eigenvalue weighted by atomic mass is 16.5. The van der Waals surface area contributed by atoms with Gasteiger partial charge in [-0.05, 0) is 27.2 Å². The Morgan fingerprint density at radius 2 is 2.08 bits per heavy atom. The van der Waals surface area contributed by atoms with E-state index < -0.39 is 0 Å². The highest BCUT2D eigenvalue weighted by Crippen LogP contribution is 2.44. The molecular weight excluding hydrogens is 154 g/mol. The Labute approximate surface area is 72.7 Å². The molecule has 1 atom stereocenters. The molecular formula is C9H15NO2. The van der Waals surface area contributed by atoms with Crippen molar-refractivity contribution in [1.82, 2.24) is 4.90 Å². The molecule has 0 aromatic carbocycles. The van der Waals surface area contributed by atoms with Crippen LogP contribution in [0.4, 0.5) is 0 Å². The van der Waals surface area contributed by atoms with Crippen LogP contribution < -0.4 is 0 Å². The van der Waals surface area contributed by atoms with Crippen molar-refractivity contribution in [3.8, 4) is 0 Å². The fraction of sp³-hybridized carbons (Fsp3) is 0.889. The average molecular weight is 169 g/mol. The molecule has 1 unspecified atom stereocenters. The van der Waals surface area contributed by atoms with E-state index in [0.29, 0.717) is 6.42 Å². The minimum atomic E-state index is -0.387. The summed E-state index contributed by atoms with van der Waals surface area (Å²) in [6.07, 6.45) is 1.67. The quantitative estimate of drug-likeness (QED) is 0.509. The summed E-state index contributed by atoms with van der Waals surface area (Å²) in [4.78, 5) is 13.2. The van der Waals surface area contributed by atoms with E-state index in [1.807, 2.05) is 18.7 Å². The predicted molar refractivity (Wildman–Crippen MR) is 44.5 cm³/mol. The number of rotatable bonds is 0. The first kappa shape index (κ1) is 8.05. The van der Waals surface area contributed by atoms with Crippen molar-refractivity contribution in [2.45, 2.75) is 44.9 Å². The second-order valence-corrected chi connectivity index (χ2v) is 4.45. The van der Waals surface area contributed by atoms with Crippen molar-refractivity contribution in [1.29, 1.82) is 0 Å². The molecule has 0 aromatic heterocycles. The Morgan fingerprint density at radius 1 is 1.42 bits per heavy atom. The van der Waals surface area contributed by atoms with Gasteiger partial charge in [-0.15, -0.1) is 0 Å². The first-order valence-electron chi connectivity index (χ1n) is 4.43. The van der Waals surface area contributed by atoms with Crippen LogP contribution >= 0.6 is 0 Å². The average Bonchev–Trinajstić information content (AvgIpc) is 1.81. The summed E-state index contributed by atoms with van der Waals surface area (Å²) in [6.45, 7) is 6.83. The zero-order chi connectivity index (χ0) is 8.98. The number of nitrogens with zero attached hydrogens (tertiary/aromatic N) is 1. The number of fused-ring (bicyclic) bond motifs is 1. The van der Waals surface area contributed by atoms with Crippen molar-refractivity contribution in [2.75, 3.05) is 6.61 Å². The maximum atomic E-state index is 11.3. The second-order valence-electron chi connectivity index (χ2n) is 4.45. The molecule has 68 valence electrons. The lowest BCUT2D eigenvalue weighted by Gasteiger charge is -2.60. The third kappa shape index (κ3) is 0.829. The minimum absolute atomic E-state index is 0.0822. The summed E-state index contributed by atoms with van der Waals surface area (Å²) in [5.74, 6) is 0.224. The Bertz CT molecular complexity index is 225. The van der Waals surface area contributed by atoms with E-state index in [2.05, 4.69) is 6.92 Å². The fourth-order valence-corrected chi connectivity index (χ4v) is 2.43. The standard InChI is InChI=1S/C9H15NO2/c1-8(2)10-7(11)6-9(10,3)4-5-12-8/h4-6H2,1-3H3. The first-order chi connectivity index (χ1) is 5.46. The van der Waals surface area contributed by atoms with Crippen LogP contribution in [0.25, 0.3) is 0 Å². The van der Waals surface area contributed by atoms with Gasteiger partial charge in [0, 0.05) is 0 Å². The largest absolute Gasteiger partial charge is 0.356 e. The molecule has 2 saturated heterocycles. The van der Waals surface area contributed by atoms with Gasteiger partial charge >= 0.3 is 0 Å². The maximum absolute atomic E-state index is 11.3. The van der Waals surface area contributed by atoms with Gasteiger partial charge in [-0.1, -0.05) is 0 Å². The molecule has 2 aliphatic rings. The number of carbonyl (C=O) groups excluding carboxylic acids is 1. The molecule has 3 nitrogen and oxygen atoms in total. The zero-order valence-electron chi connectivity index (χ0n) is 7.89. The first-order valence-corrected chi connectivity index (χ1v) is 4.43.